The SMILES string of the molecule is CCCC[Si](OCC)(OCC)OCC.CN=C(NC)N(C)C. The molecule has 0 unspecified atom stereocenters. The quantitative estimate of drug-likeness (QED) is 0.399. The van der Waals surface area contributed by atoms with Crippen molar-refractivity contribution >= 4 is 14.8 Å². The van der Waals surface area contributed by atoms with E-state index in [0.29, 0.717) is 19.8 Å². The van der Waals surface area contributed by atoms with E-state index in [9.17, 15) is 0 Å². The molecular formula is C15H37N3O3Si. The topological polar surface area (TPSA) is 55.3 Å². The van der Waals surface area contributed by atoms with Crippen LogP contribution in [0.4, 0.5) is 0 Å². The van der Waals surface area contributed by atoms with E-state index >= 15 is 0 Å². The Morgan fingerprint density at radius 1 is 1.00 bits per heavy atom. The van der Waals surface area contributed by atoms with Crippen LogP contribution in [-0.2, 0) is 13.3 Å². The fourth-order valence-corrected chi connectivity index (χ4v) is 4.72. The molecule has 0 aromatic carbocycles. The second-order valence-electron chi connectivity index (χ2n) is 4.78. The Morgan fingerprint density at radius 2 is 1.45 bits per heavy atom. The van der Waals surface area contributed by atoms with Crippen molar-refractivity contribution in [3.05, 3.63) is 0 Å². The molecule has 0 aliphatic rings. The highest BCUT2D eigenvalue weighted by Crippen LogP contribution is 2.18. The third-order valence-corrected chi connectivity index (χ3v) is 5.94. The highest BCUT2D eigenvalue weighted by atomic mass is 28.4. The van der Waals surface area contributed by atoms with Crippen LogP contribution in [-0.4, -0.2) is 67.7 Å². The molecule has 0 aromatic rings. The van der Waals surface area contributed by atoms with Crippen molar-refractivity contribution in [2.45, 2.75) is 46.6 Å². The largest absolute Gasteiger partial charge is 0.500 e. The molecule has 0 heterocycles. The molecule has 0 aliphatic heterocycles. The van der Waals surface area contributed by atoms with E-state index in [0.717, 1.165) is 24.8 Å². The molecule has 0 saturated carbocycles. The Morgan fingerprint density at radius 3 is 1.64 bits per heavy atom. The predicted octanol–water partition coefficient (Wildman–Crippen LogP) is 2.59. The molecule has 0 fully saturated rings. The van der Waals surface area contributed by atoms with Gasteiger partial charge in [-0.05, 0) is 27.2 Å². The van der Waals surface area contributed by atoms with Crippen molar-refractivity contribution in [2.75, 3.05) is 48.0 Å². The molecule has 0 radical (unpaired) electrons. The molecular weight excluding hydrogens is 298 g/mol. The zero-order chi connectivity index (χ0) is 17.4. The zero-order valence-electron chi connectivity index (χ0n) is 15.9. The maximum absolute atomic E-state index is 5.71. The third kappa shape index (κ3) is 11.0. The van der Waals surface area contributed by atoms with Crippen molar-refractivity contribution in [3.63, 3.8) is 0 Å². The summed E-state index contributed by atoms with van der Waals surface area (Å²) < 4.78 is 17.1. The van der Waals surface area contributed by atoms with Gasteiger partial charge in [-0.15, -0.1) is 0 Å². The number of hydrogen-bond acceptors (Lipinski definition) is 4. The average molecular weight is 336 g/mol. The smallest absolute Gasteiger partial charge is 0.374 e. The second-order valence-corrected chi connectivity index (χ2v) is 7.51. The van der Waals surface area contributed by atoms with E-state index < -0.39 is 8.80 Å². The Kier molecular flexibility index (Phi) is 16.4. The first-order chi connectivity index (χ1) is 10.5. The van der Waals surface area contributed by atoms with Crippen LogP contribution in [0.3, 0.4) is 0 Å². The lowest BCUT2D eigenvalue weighted by atomic mass is 10.4. The van der Waals surface area contributed by atoms with Crippen molar-refractivity contribution < 1.29 is 13.3 Å². The van der Waals surface area contributed by atoms with Crippen LogP contribution >= 0.6 is 0 Å². The highest BCUT2D eigenvalue weighted by Gasteiger charge is 2.39. The van der Waals surface area contributed by atoms with E-state index in [4.69, 9.17) is 13.3 Å². The normalized spacial score (nSPS) is 11.7. The molecule has 6 nitrogen and oxygen atoms in total. The van der Waals surface area contributed by atoms with Gasteiger partial charge in [-0.25, -0.2) is 0 Å². The Bertz CT molecular complexity index is 260. The van der Waals surface area contributed by atoms with Gasteiger partial charge >= 0.3 is 8.80 Å². The van der Waals surface area contributed by atoms with E-state index in [1.54, 1.807) is 7.05 Å². The molecule has 0 aliphatic carbocycles. The van der Waals surface area contributed by atoms with Crippen molar-refractivity contribution in [1.82, 2.24) is 10.2 Å². The van der Waals surface area contributed by atoms with E-state index in [2.05, 4.69) is 17.2 Å². The molecule has 0 saturated heterocycles. The van der Waals surface area contributed by atoms with Crippen molar-refractivity contribution in [2.24, 2.45) is 4.99 Å². The molecule has 1 N–H and O–H groups in total. The number of unbranched alkanes of at least 4 members (excludes halogenated alkanes) is 1. The minimum absolute atomic E-state index is 0.677. The molecule has 0 atom stereocenters. The summed E-state index contributed by atoms with van der Waals surface area (Å²) in [6.45, 7) is 10.2. The lowest BCUT2D eigenvalue weighted by Crippen LogP contribution is -2.45. The first-order valence-corrected chi connectivity index (χ1v) is 10.1. The lowest BCUT2D eigenvalue weighted by molar-refractivity contribution is 0.0708. The van der Waals surface area contributed by atoms with Crippen LogP contribution in [0.5, 0.6) is 0 Å². The Hall–Kier alpha value is -0.633. The van der Waals surface area contributed by atoms with Gasteiger partial charge in [-0.2, -0.15) is 0 Å². The highest BCUT2D eigenvalue weighted by molar-refractivity contribution is 6.60. The maximum atomic E-state index is 5.71. The number of rotatable bonds is 9. The number of aliphatic imine (C=N–C) groups is 1. The van der Waals surface area contributed by atoms with Crippen LogP contribution in [0, 0.1) is 0 Å². The van der Waals surface area contributed by atoms with E-state index in [1.165, 1.54) is 0 Å². The van der Waals surface area contributed by atoms with Gasteiger partial charge in [0, 0.05) is 54.1 Å². The standard InChI is InChI=1S/C10H24O3Si.C5H13N3/c1-5-9-10-14(11-6-2,12-7-3)13-8-4;1-6-5(7-2)8(3)4/h5-10H2,1-4H3;1-4H3,(H,6,7). The molecule has 134 valence electrons. The van der Waals surface area contributed by atoms with Gasteiger partial charge in [-0.1, -0.05) is 13.3 Å². The monoisotopic (exact) mass is 335 g/mol. The fraction of sp³-hybridized carbons (Fsp3) is 0.933. The van der Waals surface area contributed by atoms with Gasteiger partial charge in [0.1, 0.15) is 0 Å². The predicted molar refractivity (Wildman–Crippen MR) is 96.5 cm³/mol. The molecule has 0 amide bonds. The lowest BCUT2D eigenvalue weighted by Gasteiger charge is -2.28. The first kappa shape index (κ1) is 23.6. The minimum atomic E-state index is -2.32. The van der Waals surface area contributed by atoms with Gasteiger partial charge in [0.05, 0.1) is 0 Å². The number of nitrogens with zero attached hydrogens (tertiary/aromatic N) is 2. The molecule has 0 aromatic heterocycles. The van der Waals surface area contributed by atoms with Gasteiger partial charge in [0.25, 0.3) is 0 Å². The minimum Gasteiger partial charge on any atom is -0.374 e. The summed E-state index contributed by atoms with van der Waals surface area (Å²) in [5, 5.41) is 2.93. The maximum Gasteiger partial charge on any atom is 0.500 e. The summed E-state index contributed by atoms with van der Waals surface area (Å²) in [5.41, 5.74) is 0. The van der Waals surface area contributed by atoms with Crippen molar-refractivity contribution in [3.8, 4) is 0 Å². The fourth-order valence-electron chi connectivity index (χ4n) is 1.93. The Labute approximate surface area is 138 Å². The number of guanidine groups is 1. The van der Waals surface area contributed by atoms with Crippen LogP contribution < -0.4 is 5.32 Å². The molecule has 22 heavy (non-hydrogen) atoms. The molecule has 0 spiro atoms. The van der Waals surface area contributed by atoms with Crippen molar-refractivity contribution in [1.29, 1.82) is 0 Å². The number of hydrogen-bond donors (Lipinski definition) is 1. The van der Waals surface area contributed by atoms with E-state index in [1.807, 2.05) is 46.8 Å². The van der Waals surface area contributed by atoms with Crippen LogP contribution in [0.2, 0.25) is 6.04 Å². The summed E-state index contributed by atoms with van der Waals surface area (Å²) in [6.07, 6.45) is 2.27. The van der Waals surface area contributed by atoms with Crippen LogP contribution in [0.25, 0.3) is 0 Å². The second kappa shape index (κ2) is 15.3. The van der Waals surface area contributed by atoms with Crippen LogP contribution in [0.15, 0.2) is 4.99 Å². The van der Waals surface area contributed by atoms with Gasteiger partial charge in [0.15, 0.2) is 5.96 Å². The summed E-state index contributed by atoms with van der Waals surface area (Å²) in [7, 11) is 5.18. The van der Waals surface area contributed by atoms with Crippen LogP contribution in [0.1, 0.15) is 40.5 Å². The Balaban J connectivity index is 0. The summed E-state index contributed by atoms with van der Waals surface area (Å²) in [5.74, 6) is 0.894. The van der Waals surface area contributed by atoms with E-state index in [-0.39, 0.29) is 0 Å². The number of nitrogens with one attached hydrogen (secondary N) is 1. The van der Waals surface area contributed by atoms with Gasteiger partial charge in [0.2, 0.25) is 0 Å². The zero-order valence-corrected chi connectivity index (χ0v) is 16.9. The third-order valence-electron chi connectivity index (χ3n) is 2.79. The molecule has 0 rings (SSSR count). The first-order valence-electron chi connectivity index (χ1n) is 8.20. The molecule has 7 heteroatoms. The molecule has 0 bridgehead atoms. The average Bonchev–Trinajstić information content (AvgIpc) is 2.47. The summed E-state index contributed by atoms with van der Waals surface area (Å²) in [6, 6.07) is 0.943. The summed E-state index contributed by atoms with van der Waals surface area (Å²) >= 11 is 0. The summed E-state index contributed by atoms with van der Waals surface area (Å²) in [4.78, 5) is 5.85. The van der Waals surface area contributed by atoms with Gasteiger partial charge in [-0.3, -0.25) is 4.99 Å². The van der Waals surface area contributed by atoms with Gasteiger partial charge < -0.3 is 23.5 Å².